The Hall–Kier alpha value is -1.89. The van der Waals surface area contributed by atoms with Crippen molar-refractivity contribution >= 4 is 17.3 Å². The van der Waals surface area contributed by atoms with E-state index in [2.05, 4.69) is 4.98 Å². The number of halogens is 3. The Morgan fingerprint density at radius 2 is 2.00 bits per heavy atom. The topological polar surface area (TPSA) is 50.2 Å². The van der Waals surface area contributed by atoms with E-state index in [1.165, 1.54) is 12.1 Å². The Balaban J connectivity index is 2.53. The number of thiazole rings is 1. The van der Waals surface area contributed by atoms with Gasteiger partial charge in [0.2, 0.25) is 0 Å². The van der Waals surface area contributed by atoms with Crippen molar-refractivity contribution in [1.29, 1.82) is 0 Å². The average molecular weight is 315 g/mol. The zero-order chi connectivity index (χ0) is 15.8. The molecule has 21 heavy (non-hydrogen) atoms. The lowest BCUT2D eigenvalue weighted by Gasteiger charge is -2.07. The molecule has 2 aromatic rings. The third-order valence-corrected chi connectivity index (χ3v) is 3.94. The van der Waals surface area contributed by atoms with Gasteiger partial charge in [-0.1, -0.05) is 26.0 Å². The van der Waals surface area contributed by atoms with Crippen LogP contribution in [0.3, 0.4) is 0 Å². The zero-order valence-corrected chi connectivity index (χ0v) is 12.0. The lowest BCUT2D eigenvalue weighted by molar-refractivity contribution is -0.137. The molecule has 3 nitrogen and oxygen atoms in total. The van der Waals surface area contributed by atoms with Crippen LogP contribution < -0.4 is 0 Å². The van der Waals surface area contributed by atoms with Crippen LogP contribution in [0.1, 0.15) is 40.7 Å². The number of benzene rings is 1. The van der Waals surface area contributed by atoms with Crippen LogP contribution in [0, 0.1) is 0 Å². The first-order valence-electron chi connectivity index (χ1n) is 6.11. The van der Waals surface area contributed by atoms with Crippen LogP contribution in [0.15, 0.2) is 24.3 Å². The molecule has 0 saturated carbocycles. The number of aromatic carboxylic acids is 1. The van der Waals surface area contributed by atoms with Gasteiger partial charge < -0.3 is 5.11 Å². The van der Waals surface area contributed by atoms with Gasteiger partial charge in [0.1, 0.15) is 9.88 Å². The van der Waals surface area contributed by atoms with Crippen LogP contribution in [0.4, 0.5) is 13.2 Å². The Labute approximate surface area is 123 Å². The molecule has 1 N–H and O–H groups in total. The van der Waals surface area contributed by atoms with Crippen LogP contribution in [0.5, 0.6) is 0 Å². The maximum atomic E-state index is 12.7. The first-order chi connectivity index (χ1) is 9.70. The highest BCUT2D eigenvalue weighted by molar-refractivity contribution is 7.17. The number of carboxylic acids is 1. The SMILES string of the molecule is CC(C)c1nc(-c2cccc(C(F)(F)F)c2)sc1C(=O)O. The van der Waals surface area contributed by atoms with Crippen molar-refractivity contribution in [1.82, 2.24) is 4.98 Å². The van der Waals surface area contributed by atoms with E-state index in [1.54, 1.807) is 13.8 Å². The fourth-order valence-electron chi connectivity index (χ4n) is 1.83. The normalized spacial score (nSPS) is 11.9. The molecule has 0 aliphatic carbocycles. The molecule has 1 aromatic carbocycles. The van der Waals surface area contributed by atoms with E-state index in [0.29, 0.717) is 5.69 Å². The van der Waals surface area contributed by atoms with E-state index < -0.39 is 17.7 Å². The van der Waals surface area contributed by atoms with Gasteiger partial charge >= 0.3 is 12.1 Å². The number of nitrogens with zero attached hydrogens (tertiary/aromatic N) is 1. The largest absolute Gasteiger partial charge is 0.477 e. The number of aromatic nitrogens is 1. The summed E-state index contributed by atoms with van der Waals surface area (Å²) in [5.74, 6) is -1.23. The maximum absolute atomic E-state index is 12.7. The van der Waals surface area contributed by atoms with Crippen molar-refractivity contribution in [3.8, 4) is 10.6 Å². The summed E-state index contributed by atoms with van der Waals surface area (Å²) in [6, 6.07) is 4.73. The number of carbonyl (C=O) groups is 1. The van der Waals surface area contributed by atoms with Crippen LogP contribution in [0.2, 0.25) is 0 Å². The van der Waals surface area contributed by atoms with E-state index in [4.69, 9.17) is 5.11 Å². The van der Waals surface area contributed by atoms with Gasteiger partial charge in [0.25, 0.3) is 0 Å². The molecule has 0 bridgehead atoms. The van der Waals surface area contributed by atoms with Crippen LogP contribution in [-0.4, -0.2) is 16.1 Å². The molecule has 1 heterocycles. The van der Waals surface area contributed by atoms with Gasteiger partial charge in [-0.3, -0.25) is 0 Å². The molecular weight excluding hydrogens is 303 g/mol. The number of alkyl halides is 3. The third kappa shape index (κ3) is 3.24. The Bertz CT molecular complexity index is 677. The molecule has 0 spiro atoms. The Kier molecular flexibility index (Phi) is 4.04. The van der Waals surface area contributed by atoms with Gasteiger partial charge in [0, 0.05) is 5.56 Å². The Morgan fingerprint density at radius 1 is 1.33 bits per heavy atom. The van der Waals surface area contributed by atoms with Gasteiger partial charge in [-0.05, 0) is 18.1 Å². The summed E-state index contributed by atoms with van der Waals surface area (Å²) in [5, 5.41) is 9.43. The summed E-state index contributed by atoms with van der Waals surface area (Å²) >= 11 is 0.890. The second kappa shape index (κ2) is 5.48. The molecule has 0 atom stereocenters. The summed E-state index contributed by atoms with van der Waals surface area (Å²) < 4.78 is 38.1. The summed E-state index contributed by atoms with van der Waals surface area (Å²) in [6.45, 7) is 3.58. The lowest BCUT2D eigenvalue weighted by Crippen LogP contribution is -2.04. The molecular formula is C14H12F3NO2S. The van der Waals surface area contributed by atoms with E-state index >= 15 is 0 Å². The summed E-state index contributed by atoms with van der Waals surface area (Å²) in [5.41, 5.74) is -0.123. The zero-order valence-electron chi connectivity index (χ0n) is 11.2. The molecule has 7 heteroatoms. The summed E-state index contributed by atoms with van der Waals surface area (Å²) in [6.07, 6.45) is -4.44. The van der Waals surface area contributed by atoms with E-state index in [9.17, 15) is 18.0 Å². The first kappa shape index (κ1) is 15.5. The molecule has 0 aliphatic rings. The fraction of sp³-hybridized carbons (Fsp3) is 0.286. The molecule has 2 rings (SSSR count). The van der Waals surface area contributed by atoms with Gasteiger partial charge in [-0.2, -0.15) is 13.2 Å². The van der Waals surface area contributed by atoms with Gasteiger partial charge in [-0.25, -0.2) is 9.78 Å². The molecule has 0 saturated heterocycles. The number of carboxylic acid groups (broad SMARTS) is 1. The van der Waals surface area contributed by atoms with Crippen molar-refractivity contribution in [2.75, 3.05) is 0 Å². The molecule has 0 aliphatic heterocycles. The summed E-state index contributed by atoms with van der Waals surface area (Å²) in [4.78, 5) is 15.4. The highest BCUT2D eigenvalue weighted by Gasteiger charge is 2.31. The molecule has 0 amide bonds. The Morgan fingerprint density at radius 3 is 2.48 bits per heavy atom. The average Bonchev–Trinajstić information content (AvgIpc) is 2.83. The quantitative estimate of drug-likeness (QED) is 0.897. The standard InChI is InChI=1S/C14H12F3NO2S/c1-7(2)10-11(13(19)20)21-12(18-10)8-4-3-5-9(6-8)14(15,16)17/h3-7H,1-2H3,(H,19,20). The van der Waals surface area contributed by atoms with Gasteiger partial charge in [0.15, 0.2) is 0 Å². The second-order valence-corrected chi connectivity index (χ2v) is 5.77. The van der Waals surface area contributed by atoms with Gasteiger partial charge in [-0.15, -0.1) is 11.3 Å². The highest BCUT2D eigenvalue weighted by atomic mass is 32.1. The third-order valence-electron chi connectivity index (χ3n) is 2.83. The van der Waals surface area contributed by atoms with Crippen molar-refractivity contribution in [3.63, 3.8) is 0 Å². The molecule has 112 valence electrons. The monoisotopic (exact) mass is 315 g/mol. The predicted molar refractivity (Wildman–Crippen MR) is 73.6 cm³/mol. The molecule has 0 fully saturated rings. The fourth-order valence-corrected chi connectivity index (χ4v) is 2.88. The van der Waals surface area contributed by atoms with Crippen molar-refractivity contribution in [3.05, 3.63) is 40.4 Å². The minimum absolute atomic E-state index is 0.0670. The van der Waals surface area contributed by atoms with Crippen molar-refractivity contribution in [2.24, 2.45) is 0 Å². The van der Waals surface area contributed by atoms with E-state index in [0.717, 1.165) is 23.5 Å². The molecule has 1 aromatic heterocycles. The van der Waals surface area contributed by atoms with Crippen molar-refractivity contribution < 1.29 is 23.1 Å². The van der Waals surface area contributed by atoms with Crippen LogP contribution in [-0.2, 0) is 6.18 Å². The lowest BCUT2D eigenvalue weighted by atomic mass is 10.1. The minimum atomic E-state index is -4.44. The predicted octanol–water partition coefficient (Wildman–Crippen LogP) is 4.65. The van der Waals surface area contributed by atoms with E-state index in [-0.39, 0.29) is 21.4 Å². The minimum Gasteiger partial charge on any atom is -0.477 e. The molecule has 0 unspecified atom stereocenters. The van der Waals surface area contributed by atoms with Crippen LogP contribution in [0.25, 0.3) is 10.6 Å². The van der Waals surface area contributed by atoms with Crippen LogP contribution >= 0.6 is 11.3 Å². The summed E-state index contributed by atoms with van der Waals surface area (Å²) in [7, 11) is 0. The molecule has 0 radical (unpaired) electrons. The first-order valence-corrected chi connectivity index (χ1v) is 6.93. The van der Waals surface area contributed by atoms with Gasteiger partial charge in [0.05, 0.1) is 11.3 Å². The number of hydrogen-bond acceptors (Lipinski definition) is 3. The van der Waals surface area contributed by atoms with Crippen molar-refractivity contribution in [2.45, 2.75) is 25.9 Å². The highest BCUT2D eigenvalue weighted by Crippen LogP contribution is 2.35. The second-order valence-electron chi connectivity index (χ2n) is 4.77. The van der Waals surface area contributed by atoms with E-state index in [1.807, 2.05) is 0 Å². The number of hydrogen-bond donors (Lipinski definition) is 1. The number of rotatable bonds is 3. The maximum Gasteiger partial charge on any atom is 0.416 e. The smallest absolute Gasteiger partial charge is 0.416 e.